The topological polar surface area (TPSA) is 37.4 Å². The lowest BCUT2D eigenvalue weighted by molar-refractivity contribution is -0.114. The van der Waals surface area contributed by atoms with E-state index < -0.39 is 11.7 Å². The van der Waals surface area contributed by atoms with Crippen molar-refractivity contribution in [2.75, 3.05) is 16.8 Å². The lowest BCUT2D eigenvalue weighted by Gasteiger charge is -2.16. The van der Waals surface area contributed by atoms with Crippen LogP contribution in [0.15, 0.2) is 48.5 Å². The average Bonchev–Trinajstić information content (AvgIpc) is 2.80. The van der Waals surface area contributed by atoms with Gasteiger partial charge in [-0.25, -0.2) is 0 Å². The van der Waals surface area contributed by atoms with Crippen molar-refractivity contribution >= 4 is 33.3 Å². The summed E-state index contributed by atoms with van der Waals surface area (Å²) < 4.78 is 0. The number of ketones is 1. The predicted molar refractivity (Wildman–Crippen MR) is 91.6 cm³/mol. The maximum atomic E-state index is 12.2. The number of carbonyl (C=O) groups is 2. The first-order chi connectivity index (χ1) is 10.7. The first-order valence-electron chi connectivity index (χ1n) is 7.34. The molecular weight excluding hydrogens is 342 g/mol. The molecule has 1 aliphatic heterocycles. The van der Waals surface area contributed by atoms with Crippen molar-refractivity contribution in [2.24, 2.45) is 0 Å². The lowest BCUT2D eigenvalue weighted by Crippen LogP contribution is -2.30. The fourth-order valence-electron chi connectivity index (χ4n) is 2.70. The molecule has 0 aliphatic carbocycles. The number of benzene rings is 2. The largest absolute Gasteiger partial charge is 0.305 e. The Labute approximate surface area is 138 Å². The maximum absolute atomic E-state index is 12.2. The van der Waals surface area contributed by atoms with Crippen LogP contribution < -0.4 is 4.90 Å². The van der Waals surface area contributed by atoms with Crippen molar-refractivity contribution in [1.82, 2.24) is 0 Å². The van der Waals surface area contributed by atoms with Crippen LogP contribution in [0.5, 0.6) is 0 Å². The summed E-state index contributed by atoms with van der Waals surface area (Å²) in [5.74, 6) is -0.804. The molecule has 1 amide bonds. The number of fused-ring (bicyclic) bond motifs is 1. The fourth-order valence-corrected chi connectivity index (χ4v) is 3.09. The Morgan fingerprint density at radius 2 is 1.68 bits per heavy atom. The summed E-state index contributed by atoms with van der Waals surface area (Å²) in [4.78, 5) is 26.0. The molecule has 2 aromatic rings. The van der Waals surface area contributed by atoms with Crippen LogP contribution in [-0.4, -0.2) is 23.6 Å². The summed E-state index contributed by atoms with van der Waals surface area (Å²) in [5.41, 5.74) is 3.26. The van der Waals surface area contributed by atoms with Gasteiger partial charge in [-0.2, -0.15) is 0 Å². The molecule has 3 rings (SSSR count). The Kier molecular flexibility index (Phi) is 4.39. The van der Waals surface area contributed by atoms with E-state index >= 15 is 0 Å². The molecule has 0 radical (unpaired) electrons. The summed E-state index contributed by atoms with van der Waals surface area (Å²) in [5, 5.41) is 0.906. The van der Waals surface area contributed by atoms with Crippen LogP contribution in [0, 0.1) is 0 Å². The van der Waals surface area contributed by atoms with Gasteiger partial charge in [-0.1, -0.05) is 52.3 Å². The van der Waals surface area contributed by atoms with Crippen LogP contribution in [-0.2, 0) is 4.79 Å². The molecular formula is C18H16BrNO2. The SMILES string of the molecule is O=C1C(=O)N(CCCCBr)c2ccc(-c3ccccc3)cc21. The van der Waals surface area contributed by atoms with Crippen molar-refractivity contribution in [2.45, 2.75) is 12.8 Å². The first kappa shape index (κ1) is 15.0. The Hall–Kier alpha value is -1.94. The number of hydrogen-bond donors (Lipinski definition) is 0. The van der Waals surface area contributed by atoms with Crippen molar-refractivity contribution < 1.29 is 9.59 Å². The summed E-state index contributed by atoms with van der Waals surface area (Å²) in [6, 6.07) is 15.6. The van der Waals surface area contributed by atoms with E-state index in [1.807, 2.05) is 48.5 Å². The smallest absolute Gasteiger partial charge is 0.299 e. The van der Waals surface area contributed by atoms with Crippen molar-refractivity contribution in [3.8, 4) is 11.1 Å². The third-order valence-electron chi connectivity index (χ3n) is 3.84. The van der Waals surface area contributed by atoms with Gasteiger partial charge >= 0.3 is 0 Å². The summed E-state index contributed by atoms with van der Waals surface area (Å²) in [6.07, 6.45) is 1.86. The number of nitrogens with zero attached hydrogens (tertiary/aromatic N) is 1. The van der Waals surface area contributed by atoms with E-state index in [2.05, 4.69) is 15.9 Å². The van der Waals surface area contributed by atoms with Crippen LogP contribution in [0.3, 0.4) is 0 Å². The molecule has 0 aromatic heterocycles. The molecule has 0 atom stereocenters. The van der Waals surface area contributed by atoms with Crippen molar-refractivity contribution in [3.63, 3.8) is 0 Å². The van der Waals surface area contributed by atoms with Crippen molar-refractivity contribution in [3.05, 3.63) is 54.1 Å². The van der Waals surface area contributed by atoms with Gasteiger partial charge in [0.1, 0.15) is 0 Å². The van der Waals surface area contributed by atoms with Gasteiger partial charge in [0.25, 0.3) is 11.7 Å². The number of halogens is 1. The number of rotatable bonds is 5. The highest BCUT2D eigenvalue weighted by atomic mass is 79.9. The lowest BCUT2D eigenvalue weighted by atomic mass is 10.0. The van der Waals surface area contributed by atoms with Gasteiger partial charge in [0.15, 0.2) is 0 Å². The third-order valence-corrected chi connectivity index (χ3v) is 4.40. The molecule has 0 unspecified atom stereocenters. The summed E-state index contributed by atoms with van der Waals surface area (Å²) in [7, 11) is 0. The zero-order valence-electron chi connectivity index (χ0n) is 12.1. The molecule has 0 saturated heterocycles. The van der Waals surface area contributed by atoms with Crippen LogP contribution in [0.2, 0.25) is 0 Å². The molecule has 3 nitrogen and oxygen atoms in total. The second kappa shape index (κ2) is 6.44. The molecule has 4 heteroatoms. The van der Waals surface area contributed by atoms with E-state index in [0.717, 1.165) is 35.0 Å². The highest BCUT2D eigenvalue weighted by molar-refractivity contribution is 9.09. The number of anilines is 1. The van der Waals surface area contributed by atoms with Crippen LogP contribution >= 0.6 is 15.9 Å². The Balaban J connectivity index is 1.93. The Morgan fingerprint density at radius 3 is 2.41 bits per heavy atom. The molecule has 0 bridgehead atoms. The molecule has 1 aliphatic rings. The van der Waals surface area contributed by atoms with Crippen LogP contribution in [0.1, 0.15) is 23.2 Å². The van der Waals surface area contributed by atoms with Gasteiger partial charge in [-0.15, -0.1) is 0 Å². The van der Waals surface area contributed by atoms with E-state index in [4.69, 9.17) is 0 Å². The molecule has 0 N–H and O–H groups in total. The highest BCUT2D eigenvalue weighted by Crippen LogP contribution is 2.33. The Bertz CT molecular complexity index is 712. The van der Waals surface area contributed by atoms with Gasteiger partial charge in [0, 0.05) is 11.9 Å². The normalized spacial score (nSPS) is 13.6. The molecule has 1 heterocycles. The van der Waals surface area contributed by atoms with Gasteiger partial charge in [0.2, 0.25) is 0 Å². The standard InChI is InChI=1S/C18H16BrNO2/c19-10-4-5-11-20-16-9-8-14(13-6-2-1-3-7-13)12-15(16)17(21)18(20)22/h1-3,6-9,12H,4-5,10-11H2. The molecule has 0 fully saturated rings. The quantitative estimate of drug-likeness (QED) is 0.459. The zero-order chi connectivity index (χ0) is 15.5. The minimum absolute atomic E-state index is 0.397. The van der Waals surface area contributed by atoms with E-state index in [0.29, 0.717) is 12.1 Å². The van der Waals surface area contributed by atoms with E-state index in [9.17, 15) is 9.59 Å². The minimum Gasteiger partial charge on any atom is -0.305 e. The second-order valence-electron chi connectivity index (χ2n) is 5.28. The van der Waals surface area contributed by atoms with Gasteiger partial charge in [-0.3, -0.25) is 9.59 Å². The monoisotopic (exact) mass is 357 g/mol. The van der Waals surface area contributed by atoms with Gasteiger partial charge < -0.3 is 4.90 Å². The average molecular weight is 358 g/mol. The molecule has 112 valence electrons. The summed E-state index contributed by atoms with van der Waals surface area (Å²) >= 11 is 3.38. The van der Waals surface area contributed by atoms with Gasteiger partial charge in [-0.05, 0) is 36.1 Å². The van der Waals surface area contributed by atoms with Crippen molar-refractivity contribution in [1.29, 1.82) is 0 Å². The second-order valence-corrected chi connectivity index (χ2v) is 6.07. The zero-order valence-corrected chi connectivity index (χ0v) is 13.7. The first-order valence-corrected chi connectivity index (χ1v) is 8.46. The molecule has 0 saturated carbocycles. The van der Waals surface area contributed by atoms with Gasteiger partial charge in [0.05, 0.1) is 11.3 Å². The fraction of sp³-hybridized carbons (Fsp3) is 0.222. The Morgan fingerprint density at radius 1 is 0.909 bits per heavy atom. The number of Topliss-reactive ketones (excluding diaryl/α,β-unsaturated/α-hetero) is 1. The minimum atomic E-state index is -0.408. The number of amides is 1. The summed E-state index contributed by atoms with van der Waals surface area (Å²) in [6.45, 7) is 0.591. The van der Waals surface area contributed by atoms with E-state index in [1.54, 1.807) is 4.90 Å². The van der Waals surface area contributed by atoms with Crippen LogP contribution in [0.25, 0.3) is 11.1 Å². The number of hydrogen-bond acceptors (Lipinski definition) is 2. The number of unbranched alkanes of at least 4 members (excludes halogenated alkanes) is 1. The van der Waals surface area contributed by atoms with Crippen LogP contribution in [0.4, 0.5) is 5.69 Å². The number of carbonyl (C=O) groups excluding carboxylic acids is 2. The number of alkyl halides is 1. The predicted octanol–water partition coefficient (Wildman–Crippen LogP) is 4.06. The molecule has 22 heavy (non-hydrogen) atoms. The third kappa shape index (κ3) is 2.71. The van der Waals surface area contributed by atoms with E-state index in [1.165, 1.54) is 0 Å². The van der Waals surface area contributed by atoms with E-state index in [-0.39, 0.29) is 0 Å². The molecule has 2 aromatic carbocycles. The molecule has 0 spiro atoms. The maximum Gasteiger partial charge on any atom is 0.299 e. The highest BCUT2D eigenvalue weighted by Gasteiger charge is 2.35.